The molecule has 0 saturated carbocycles. The molecule has 0 spiro atoms. The van der Waals surface area contributed by atoms with Crippen LogP contribution in [0.2, 0.25) is 0 Å². The second kappa shape index (κ2) is 6.96. The predicted molar refractivity (Wildman–Crippen MR) is 69.9 cm³/mol. The molecule has 0 amide bonds. The number of nitrogens with one attached hydrogen (secondary N) is 1. The van der Waals surface area contributed by atoms with E-state index < -0.39 is 35.8 Å². The second-order valence-electron chi connectivity index (χ2n) is 4.58. The fourth-order valence-corrected chi connectivity index (χ4v) is 2.20. The van der Waals surface area contributed by atoms with Crippen molar-refractivity contribution in [3.63, 3.8) is 0 Å². The first-order valence-electron chi connectivity index (χ1n) is 6.45. The Morgan fingerprint density at radius 3 is 2.81 bits per heavy atom. The van der Waals surface area contributed by atoms with Crippen LogP contribution >= 0.6 is 0 Å². The summed E-state index contributed by atoms with van der Waals surface area (Å²) in [6, 6.07) is 1.14. The van der Waals surface area contributed by atoms with Crippen molar-refractivity contribution in [2.75, 3.05) is 26.9 Å². The topological polar surface area (TPSA) is 123 Å². The lowest BCUT2D eigenvalue weighted by molar-refractivity contribution is -0.0686. The quantitative estimate of drug-likeness (QED) is 0.510. The predicted octanol–water partition coefficient (Wildman–Crippen LogP) is -2.18. The minimum atomic E-state index is -1.16. The van der Waals surface area contributed by atoms with E-state index >= 15 is 0 Å². The smallest absolute Gasteiger partial charge is 0.330 e. The van der Waals surface area contributed by atoms with Crippen LogP contribution in [-0.2, 0) is 14.2 Å². The Morgan fingerprint density at radius 2 is 2.19 bits per heavy atom. The van der Waals surface area contributed by atoms with E-state index in [9.17, 15) is 19.8 Å². The van der Waals surface area contributed by atoms with E-state index in [1.54, 1.807) is 0 Å². The first-order valence-corrected chi connectivity index (χ1v) is 6.45. The summed E-state index contributed by atoms with van der Waals surface area (Å²) < 4.78 is 16.8. The molecule has 1 aromatic rings. The Labute approximate surface area is 119 Å². The summed E-state index contributed by atoms with van der Waals surface area (Å²) in [7, 11) is 1.51. The molecule has 4 atom stereocenters. The van der Waals surface area contributed by atoms with Crippen molar-refractivity contribution >= 4 is 0 Å². The molecule has 1 aliphatic rings. The van der Waals surface area contributed by atoms with Crippen LogP contribution in [0.5, 0.6) is 0 Å². The number of ether oxygens (including phenoxy) is 3. The van der Waals surface area contributed by atoms with Crippen LogP contribution in [0.4, 0.5) is 0 Å². The molecule has 21 heavy (non-hydrogen) atoms. The summed E-state index contributed by atoms with van der Waals surface area (Å²) in [6.07, 6.45) is -2.56. The fraction of sp³-hybridized carbons (Fsp3) is 0.667. The van der Waals surface area contributed by atoms with E-state index in [2.05, 4.69) is 4.98 Å². The van der Waals surface area contributed by atoms with E-state index in [1.807, 2.05) is 0 Å². The van der Waals surface area contributed by atoms with Gasteiger partial charge in [0.15, 0.2) is 6.23 Å². The molecule has 9 nitrogen and oxygen atoms in total. The summed E-state index contributed by atoms with van der Waals surface area (Å²) in [4.78, 5) is 24.8. The van der Waals surface area contributed by atoms with Crippen molar-refractivity contribution in [2.45, 2.75) is 24.5 Å². The standard InChI is InChI=1S/C12H18N2O7/c1-19-4-5-20-10-7(6-15)21-11(9(10)17)14-3-2-8(16)13-12(14)18/h2-3,7,9-11,15,17H,4-6H2,1H3,(H,13,16,18)/t7-,9+,10?,11-/m1/s1. The first kappa shape index (κ1) is 15.9. The minimum Gasteiger partial charge on any atom is -0.394 e. The molecular formula is C12H18N2O7. The molecule has 9 heteroatoms. The van der Waals surface area contributed by atoms with Crippen molar-refractivity contribution in [1.82, 2.24) is 9.55 Å². The van der Waals surface area contributed by atoms with Crippen LogP contribution in [0.1, 0.15) is 6.23 Å². The molecule has 1 fully saturated rings. The maximum absolute atomic E-state index is 11.7. The Hall–Kier alpha value is -1.52. The number of aliphatic hydroxyl groups excluding tert-OH is 2. The van der Waals surface area contributed by atoms with Gasteiger partial charge in [-0.3, -0.25) is 14.3 Å². The lowest BCUT2D eigenvalue weighted by Crippen LogP contribution is -2.39. The average molecular weight is 302 g/mol. The SMILES string of the molecule is COCCOC1[C@@H](CO)O[C@@H](n2ccc(=O)[nH]c2=O)[C@H]1O. The van der Waals surface area contributed by atoms with Crippen molar-refractivity contribution in [3.05, 3.63) is 33.1 Å². The van der Waals surface area contributed by atoms with Crippen molar-refractivity contribution in [1.29, 1.82) is 0 Å². The Kier molecular flexibility index (Phi) is 5.26. The molecule has 1 unspecified atom stereocenters. The summed E-state index contributed by atoms with van der Waals surface area (Å²) in [5, 5.41) is 19.5. The lowest BCUT2D eigenvalue weighted by Gasteiger charge is -2.19. The summed E-state index contributed by atoms with van der Waals surface area (Å²) in [5.41, 5.74) is -1.25. The second-order valence-corrected chi connectivity index (χ2v) is 4.58. The number of rotatable bonds is 6. The van der Waals surface area contributed by atoms with Crippen LogP contribution in [0.3, 0.4) is 0 Å². The zero-order chi connectivity index (χ0) is 15.4. The average Bonchev–Trinajstić information content (AvgIpc) is 2.76. The molecule has 118 valence electrons. The highest BCUT2D eigenvalue weighted by molar-refractivity contribution is 4.93. The van der Waals surface area contributed by atoms with Gasteiger partial charge in [-0.15, -0.1) is 0 Å². The summed E-state index contributed by atoms with van der Waals surface area (Å²) >= 11 is 0. The molecule has 1 saturated heterocycles. The monoisotopic (exact) mass is 302 g/mol. The number of methoxy groups -OCH3 is 1. The van der Waals surface area contributed by atoms with Gasteiger partial charge in [0.25, 0.3) is 5.56 Å². The van der Waals surface area contributed by atoms with E-state index in [-0.39, 0.29) is 13.2 Å². The summed E-state index contributed by atoms with van der Waals surface area (Å²) in [5.74, 6) is 0. The number of hydrogen-bond donors (Lipinski definition) is 3. The van der Waals surface area contributed by atoms with Crippen LogP contribution in [0.15, 0.2) is 21.9 Å². The van der Waals surface area contributed by atoms with Gasteiger partial charge >= 0.3 is 5.69 Å². The number of aromatic amines is 1. The van der Waals surface area contributed by atoms with Gasteiger partial charge in [0.1, 0.15) is 18.3 Å². The van der Waals surface area contributed by atoms with Gasteiger partial charge in [-0.05, 0) is 0 Å². The van der Waals surface area contributed by atoms with E-state index in [4.69, 9.17) is 14.2 Å². The van der Waals surface area contributed by atoms with Gasteiger partial charge in [0.2, 0.25) is 0 Å². The lowest BCUT2D eigenvalue weighted by atomic mass is 10.1. The largest absolute Gasteiger partial charge is 0.394 e. The van der Waals surface area contributed by atoms with Crippen molar-refractivity contribution in [3.8, 4) is 0 Å². The van der Waals surface area contributed by atoms with Gasteiger partial charge < -0.3 is 24.4 Å². The maximum atomic E-state index is 11.7. The Balaban J connectivity index is 2.18. The van der Waals surface area contributed by atoms with Crippen molar-refractivity contribution in [2.24, 2.45) is 0 Å². The third-order valence-electron chi connectivity index (χ3n) is 3.21. The molecule has 2 rings (SSSR count). The van der Waals surface area contributed by atoms with Crippen LogP contribution < -0.4 is 11.2 Å². The normalized spacial score (nSPS) is 28.9. The zero-order valence-electron chi connectivity index (χ0n) is 11.5. The van der Waals surface area contributed by atoms with E-state index in [1.165, 1.54) is 13.3 Å². The molecule has 0 bridgehead atoms. The first-order chi connectivity index (χ1) is 10.1. The molecular weight excluding hydrogens is 284 g/mol. The highest BCUT2D eigenvalue weighted by Crippen LogP contribution is 2.30. The number of H-pyrrole nitrogens is 1. The van der Waals surface area contributed by atoms with Gasteiger partial charge in [-0.25, -0.2) is 4.79 Å². The van der Waals surface area contributed by atoms with Crippen LogP contribution in [0, 0.1) is 0 Å². The number of aromatic nitrogens is 2. The molecule has 2 heterocycles. The van der Waals surface area contributed by atoms with Gasteiger partial charge in [-0.2, -0.15) is 0 Å². The van der Waals surface area contributed by atoms with E-state index in [0.29, 0.717) is 6.61 Å². The molecule has 1 aromatic heterocycles. The highest BCUT2D eigenvalue weighted by Gasteiger charge is 2.45. The highest BCUT2D eigenvalue weighted by atomic mass is 16.6. The summed E-state index contributed by atoms with van der Waals surface area (Å²) in [6.45, 7) is 0.166. The molecule has 0 aliphatic carbocycles. The third-order valence-corrected chi connectivity index (χ3v) is 3.21. The van der Waals surface area contributed by atoms with Gasteiger partial charge in [0.05, 0.1) is 19.8 Å². The fourth-order valence-electron chi connectivity index (χ4n) is 2.20. The zero-order valence-corrected chi connectivity index (χ0v) is 11.5. The Morgan fingerprint density at radius 1 is 1.43 bits per heavy atom. The number of hydrogen-bond acceptors (Lipinski definition) is 7. The molecule has 0 radical (unpaired) electrons. The number of aliphatic hydroxyl groups is 2. The molecule has 0 aromatic carbocycles. The molecule has 1 aliphatic heterocycles. The van der Waals surface area contributed by atoms with Crippen LogP contribution in [0.25, 0.3) is 0 Å². The van der Waals surface area contributed by atoms with Gasteiger partial charge in [0, 0.05) is 19.4 Å². The Bertz CT molecular complexity index is 569. The maximum Gasteiger partial charge on any atom is 0.330 e. The molecule has 3 N–H and O–H groups in total. The number of nitrogens with zero attached hydrogens (tertiary/aromatic N) is 1. The third kappa shape index (κ3) is 3.39. The van der Waals surface area contributed by atoms with Crippen LogP contribution in [-0.4, -0.2) is 65.0 Å². The van der Waals surface area contributed by atoms with Gasteiger partial charge in [-0.1, -0.05) is 0 Å². The van der Waals surface area contributed by atoms with E-state index in [0.717, 1.165) is 10.6 Å². The van der Waals surface area contributed by atoms with Crippen molar-refractivity contribution < 1.29 is 24.4 Å². The minimum absolute atomic E-state index is 0.214.